The van der Waals surface area contributed by atoms with Crippen LogP contribution in [0.5, 0.6) is 0 Å². The molecule has 0 saturated carbocycles. The second kappa shape index (κ2) is 2.53. The van der Waals surface area contributed by atoms with Crippen molar-refractivity contribution in [2.45, 2.75) is 6.92 Å². The third kappa shape index (κ3) is 1.35. The van der Waals surface area contributed by atoms with Crippen molar-refractivity contribution in [3.63, 3.8) is 0 Å². The Balaban J connectivity index is 3.22. The normalized spacial score (nSPS) is 8.90. The lowest BCUT2D eigenvalue weighted by Gasteiger charge is -1.95. The van der Waals surface area contributed by atoms with E-state index in [4.69, 9.17) is 5.26 Å². The van der Waals surface area contributed by atoms with Gasteiger partial charge in [-0.25, -0.2) is 0 Å². The van der Waals surface area contributed by atoms with Crippen LogP contribution in [-0.2, 0) is 0 Å². The Morgan fingerprint density at radius 2 is 2.10 bits per heavy atom. The Bertz CT molecular complexity index is 261. The largest absolute Gasteiger partial charge is 0.192 e. The van der Waals surface area contributed by atoms with E-state index in [1.807, 2.05) is 19.1 Å². The Morgan fingerprint density at radius 3 is 2.60 bits per heavy atom. The number of nitrogens with zero attached hydrogens (tertiary/aromatic N) is 1. The van der Waals surface area contributed by atoms with E-state index in [1.165, 1.54) is 0 Å². The van der Waals surface area contributed by atoms with Crippen LogP contribution in [0.15, 0.2) is 18.2 Å². The van der Waals surface area contributed by atoms with Crippen molar-refractivity contribution in [3.8, 4) is 6.07 Å². The summed E-state index contributed by atoms with van der Waals surface area (Å²) in [7, 11) is 0. The molecule has 0 spiro atoms. The first-order chi connectivity index (χ1) is 4.72. The van der Waals surface area contributed by atoms with Crippen molar-refractivity contribution in [1.82, 2.24) is 0 Å². The van der Waals surface area contributed by atoms with E-state index in [0.717, 1.165) is 11.1 Å². The maximum absolute atomic E-state index is 8.51. The van der Waals surface area contributed by atoms with Gasteiger partial charge in [0.05, 0.1) is 11.6 Å². The summed E-state index contributed by atoms with van der Waals surface area (Å²) < 4.78 is 0. The van der Waals surface area contributed by atoms with Crippen molar-refractivity contribution in [1.29, 1.82) is 5.26 Å². The monoisotopic (exact) mass is 130 g/mol. The smallest absolute Gasteiger partial charge is 0.0991 e. The number of nitriles is 1. The van der Waals surface area contributed by atoms with Gasteiger partial charge in [0.1, 0.15) is 0 Å². The highest BCUT2D eigenvalue weighted by Crippen LogP contribution is 2.06. The molecule has 1 radical (unpaired) electrons. The molecule has 0 saturated heterocycles. The van der Waals surface area contributed by atoms with Crippen LogP contribution in [0.3, 0.4) is 0 Å². The number of benzene rings is 1. The Morgan fingerprint density at radius 1 is 1.40 bits per heavy atom. The molecule has 49 valence electrons. The zero-order valence-corrected chi connectivity index (χ0v) is 5.89. The Hall–Kier alpha value is -1.29. The molecular weight excluding hydrogens is 122 g/mol. The van der Waals surface area contributed by atoms with E-state index in [9.17, 15) is 0 Å². The first-order valence-corrected chi connectivity index (χ1v) is 3.06. The number of hydrogen-bond acceptors (Lipinski definition) is 1. The van der Waals surface area contributed by atoms with E-state index in [-0.39, 0.29) is 0 Å². The molecule has 0 heterocycles. The second-order valence-electron chi connectivity index (χ2n) is 2.32. The molecule has 0 bridgehead atoms. The Kier molecular flexibility index (Phi) is 1.73. The van der Waals surface area contributed by atoms with Gasteiger partial charge in [-0.15, -0.1) is 0 Å². The molecule has 0 aliphatic carbocycles. The third-order valence-electron chi connectivity index (χ3n) is 1.27. The van der Waals surface area contributed by atoms with Gasteiger partial charge in [0.25, 0.3) is 0 Å². The van der Waals surface area contributed by atoms with Crippen LogP contribution < -0.4 is 0 Å². The van der Waals surface area contributed by atoms with E-state index in [1.54, 1.807) is 6.07 Å². The molecule has 0 aliphatic heterocycles. The van der Waals surface area contributed by atoms with Gasteiger partial charge in [-0.3, -0.25) is 0 Å². The maximum atomic E-state index is 8.51. The number of rotatable bonds is 0. The SMILES string of the molecule is [CH2]c1cc(C)cc(C#N)c1. The first kappa shape index (κ1) is 6.82. The average Bonchev–Trinajstić information content (AvgIpc) is 1.85. The molecule has 1 heteroatoms. The third-order valence-corrected chi connectivity index (χ3v) is 1.27. The molecule has 1 aromatic rings. The zero-order chi connectivity index (χ0) is 7.56. The summed E-state index contributed by atoms with van der Waals surface area (Å²) >= 11 is 0. The zero-order valence-electron chi connectivity index (χ0n) is 5.89. The lowest BCUT2D eigenvalue weighted by Crippen LogP contribution is -1.79. The van der Waals surface area contributed by atoms with Crippen molar-refractivity contribution < 1.29 is 0 Å². The van der Waals surface area contributed by atoms with E-state index >= 15 is 0 Å². The molecule has 0 aliphatic rings. The lowest BCUT2D eigenvalue weighted by molar-refractivity contribution is 1.40. The highest BCUT2D eigenvalue weighted by molar-refractivity contribution is 5.37. The van der Waals surface area contributed by atoms with Crippen molar-refractivity contribution in [2.24, 2.45) is 0 Å². The van der Waals surface area contributed by atoms with E-state index in [2.05, 4.69) is 13.0 Å². The minimum Gasteiger partial charge on any atom is -0.192 e. The summed E-state index contributed by atoms with van der Waals surface area (Å²) in [4.78, 5) is 0. The first-order valence-electron chi connectivity index (χ1n) is 3.06. The van der Waals surface area contributed by atoms with Crippen molar-refractivity contribution in [3.05, 3.63) is 41.8 Å². The molecule has 0 atom stereocenters. The average molecular weight is 130 g/mol. The number of aryl methyl sites for hydroxylation is 1. The predicted octanol–water partition coefficient (Wildman–Crippen LogP) is 2.05. The highest BCUT2D eigenvalue weighted by atomic mass is 14.2. The van der Waals surface area contributed by atoms with Gasteiger partial charge in [0, 0.05) is 0 Å². The van der Waals surface area contributed by atoms with Gasteiger partial charge >= 0.3 is 0 Å². The molecule has 0 fully saturated rings. The van der Waals surface area contributed by atoms with Gasteiger partial charge in [-0.05, 0) is 37.1 Å². The minimum atomic E-state index is 0.685. The fourth-order valence-electron chi connectivity index (χ4n) is 0.927. The van der Waals surface area contributed by atoms with E-state index < -0.39 is 0 Å². The van der Waals surface area contributed by atoms with Gasteiger partial charge in [0.15, 0.2) is 0 Å². The predicted molar refractivity (Wildman–Crippen MR) is 40.4 cm³/mol. The fourth-order valence-corrected chi connectivity index (χ4v) is 0.927. The molecule has 10 heavy (non-hydrogen) atoms. The van der Waals surface area contributed by atoms with Crippen LogP contribution in [0, 0.1) is 25.2 Å². The molecule has 1 aromatic carbocycles. The molecule has 0 amide bonds. The van der Waals surface area contributed by atoms with Gasteiger partial charge in [-0.2, -0.15) is 5.26 Å². The van der Waals surface area contributed by atoms with Crippen LogP contribution in [-0.4, -0.2) is 0 Å². The van der Waals surface area contributed by atoms with Crippen molar-refractivity contribution in [2.75, 3.05) is 0 Å². The molecule has 0 N–H and O–H groups in total. The van der Waals surface area contributed by atoms with Gasteiger partial charge < -0.3 is 0 Å². The summed E-state index contributed by atoms with van der Waals surface area (Å²) in [6, 6.07) is 7.63. The molecular formula is C9H8N. The molecule has 0 unspecified atom stereocenters. The summed E-state index contributed by atoms with van der Waals surface area (Å²) in [5, 5.41) is 8.51. The standard InChI is InChI=1S/C9H8N/c1-7-3-8(2)5-9(4-7)6-10/h3-5H,1H2,2H3. The van der Waals surface area contributed by atoms with Gasteiger partial charge in [0.2, 0.25) is 0 Å². The summed E-state index contributed by atoms with van der Waals surface area (Å²) in [5.41, 5.74) is 2.67. The lowest BCUT2D eigenvalue weighted by atomic mass is 10.1. The topological polar surface area (TPSA) is 23.8 Å². The van der Waals surface area contributed by atoms with Crippen LogP contribution in [0.25, 0.3) is 0 Å². The summed E-state index contributed by atoms with van der Waals surface area (Å²) in [5.74, 6) is 0. The van der Waals surface area contributed by atoms with Crippen LogP contribution >= 0.6 is 0 Å². The minimum absolute atomic E-state index is 0.685. The van der Waals surface area contributed by atoms with Crippen LogP contribution in [0.2, 0.25) is 0 Å². The number of hydrogen-bond donors (Lipinski definition) is 0. The van der Waals surface area contributed by atoms with Crippen LogP contribution in [0.4, 0.5) is 0 Å². The molecule has 1 nitrogen and oxygen atoms in total. The molecule has 0 aromatic heterocycles. The van der Waals surface area contributed by atoms with Crippen molar-refractivity contribution >= 4 is 0 Å². The van der Waals surface area contributed by atoms with Crippen LogP contribution in [0.1, 0.15) is 16.7 Å². The fraction of sp³-hybridized carbons (Fsp3) is 0.111. The Labute approximate surface area is 60.9 Å². The quantitative estimate of drug-likeness (QED) is 0.527. The summed E-state index contributed by atoms with van der Waals surface area (Å²) in [6.45, 7) is 5.69. The van der Waals surface area contributed by atoms with Gasteiger partial charge in [-0.1, -0.05) is 6.07 Å². The molecule has 1 rings (SSSR count). The van der Waals surface area contributed by atoms with E-state index in [0.29, 0.717) is 5.56 Å². The maximum Gasteiger partial charge on any atom is 0.0991 e. The highest BCUT2D eigenvalue weighted by Gasteiger charge is 1.91. The summed E-state index contributed by atoms with van der Waals surface area (Å²) in [6.07, 6.45) is 0. The second-order valence-corrected chi connectivity index (χ2v) is 2.32.